The van der Waals surface area contributed by atoms with E-state index in [-0.39, 0.29) is 18.2 Å². The molecule has 0 fully saturated rings. The summed E-state index contributed by atoms with van der Waals surface area (Å²) >= 11 is 1.02. The molecule has 0 aliphatic heterocycles. The quantitative estimate of drug-likeness (QED) is 0.542. The first kappa shape index (κ1) is 14.0. The number of hydrogen-bond acceptors (Lipinski definition) is 6. The number of carbonyl (C=O) groups excluding carboxylic acids is 1. The van der Waals surface area contributed by atoms with Gasteiger partial charge in [-0.15, -0.1) is 0 Å². The highest BCUT2D eigenvalue weighted by Crippen LogP contribution is 2.00. The van der Waals surface area contributed by atoms with Gasteiger partial charge in [-0.1, -0.05) is 4.68 Å². The number of carbonyl (C=O) groups is 1. The van der Waals surface area contributed by atoms with Gasteiger partial charge < -0.3 is 5.32 Å². The molecule has 1 rings (SSSR count). The molecule has 0 saturated carbocycles. The van der Waals surface area contributed by atoms with Crippen molar-refractivity contribution >= 4 is 27.6 Å². The van der Waals surface area contributed by atoms with Crippen molar-refractivity contribution in [2.24, 2.45) is 0 Å². The molecule has 0 spiro atoms. The van der Waals surface area contributed by atoms with E-state index in [1.807, 2.05) is 6.92 Å². The summed E-state index contributed by atoms with van der Waals surface area (Å²) in [4.78, 5) is 11.9. The van der Waals surface area contributed by atoms with E-state index in [0.29, 0.717) is 11.4 Å². The van der Waals surface area contributed by atoms with E-state index >= 15 is 0 Å². The molecular formula is C8H14N3O4S2+. The summed E-state index contributed by atoms with van der Waals surface area (Å²) in [5, 5.41) is 2.63. The summed E-state index contributed by atoms with van der Waals surface area (Å²) < 4.78 is 31.8. The third kappa shape index (κ3) is 4.36. The lowest BCUT2D eigenvalue weighted by Crippen LogP contribution is -2.38. The highest BCUT2D eigenvalue weighted by Gasteiger charge is 2.18. The lowest BCUT2D eigenvalue weighted by Gasteiger charge is -1.95. The number of amides is 1. The molecule has 0 bridgehead atoms. The minimum absolute atomic E-state index is 0.159. The Kier molecular flexibility index (Phi) is 4.97. The van der Waals surface area contributed by atoms with Crippen molar-refractivity contribution in [3.8, 4) is 0 Å². The molecule has 17 heavy (non-hydrogen) atoms. The normalized spacial score (nSPS) is 11.4. The van der Waals surface area contributed by atoms with E-state index in [0.717, 1.165) is 18.6 Å². The minimum atomic E-state index is -3.50. The van der Waals surface area contributed by atoms with Crippen LogP contribution in [-0.4, -0.2) is 38.2 Å². The monoisotopic (exact) mass is 280 g/mol. The number of aromatic nitrogens is 2. The second-order valence-electron chi connectivity index (χ2n) is 3.12. The number of rotatable bonds is 6. The summed E-state index contributed by atoms with van der Waals surface area (Å²) in [6.07, 6.45) is 1.51. The predicted molar refractivity (Wildman–Crippen MR) is 61.1 cm³/mol. The van der Waals surface area contributed by atoms with Crippen LogP contribution in [0.2, 0.25) is 0 Å². The van der Waals surface area contributed by atoms with E-state index in [1.165, 1.54) is 10.9 Å². The largest absolute Gasteiger partial charge is 0.351 e. The summed E-state index contributed by atoms with van der Waals surface area (Å²) in [5.41, 5.74) is 0. The van der Waals surface area contributed by atoms with Gasteiger partial charge >= 0.3 is 0 Å². The molecule has 0 atom stereocenters. The van der Waals surface area contributed by atoms with Gasteiger partial charge in [0.05, 0.1) is 11.6 Å². The zero-order chi connectivity index (χ0) is 12.9. The molecule has 0 aliphatic carbocycles. The molecule has 1 aromatic rings. The average molecular weight is 280 g/mol. The summed E-state index contributed by atoms with van der Waals surface area (Å²) in [5.74, 6) is -0.384. The van der Waals surface area contributed by atoms with Gasteiger partial charge in [0.15, 0.2) is 11.4 Å². The fraction of sp³-hybridized carbons (Fsp3) is 0.625. The van der Waals surface area contributed by atoms with Crippen LogP contribution in [0.15, 0.2) is 6.20 Å². The number of nitrogens with zero attached hydrogens (tertiary/aromatic N) is 2. The Morgan fingerprint density at radius 1 is 1.65 bits per heavy atom. The number of nitrogens with one attached hydrogen (secondary N) is 1. The van der Waals surface area contributed by atoms with Crippen LogP contribution in [0.25, 0.3) is 0 Å². The van der Waals surface area contributed by atoms with Crippen LogP contribution in [-0.2, 0) is 20.8 Å². The number of hydrogen-bond donors (Lipinski definition) is 1. The van der Waals surface area contributed by atoms with Gasteiger partial charge in [0.1, 0.15) is 5.75 Å². The average Bonchev–Trinajstić information content (AvgIpc) is 2.76. The zero-order valence-corrected chi connectivity index (χ0v) is 11.2. The molecule has 1 heterocycles. The smallest absolute Gasteiger partial charge is 0.273 e. The lowest BCUT2D eigenvalue weighted by molar-refractivity contribution is -0.742. The fourth-order valence-electron chi connectivity index (χ4n) is 1.02. The van der Waals surface area contributed by atoms with Crippen molar-refractivity contribution < 1.29 is 22.1 Å². The Bertz CT molecular complexity index is 483. The molecule has 0 saturated heterocycles. The molecule has 0 aromatic carbocycles. The Morgan fingerprint density at radius 3 is 2.94 bits per heavy atom. The van der Waals surface area contributed by atoms with E-state index in [9.17, 15) is 13.2 Å². The maximum Gasteiger partial charge on any atom is 0.273 e. The SMILES string of the molecule is CCNC(=O)c1c[n+](CCS(=O)(=O)OC)ns1. The number of aryl methyl sites for hydroxylation is 1. The van der Waals surface area contributed by atoms with Crippen molar-refractivity contribution in [3.05, 3.63) is 11.1 Å². The Hall–Kier alpha value is -1.06. The Balaban J connectivity index is 2.60. The van der Waals surface area contributed by atoms with Gasteiger partial charge in [0.2, 0.25) is 6.20 Å². The molecule has 0 radical (unpaired) electrons. The summed E-state index contributed by atoms with van der Waals surface area (Å²) in [7, 11) is -2.38. The second kappa shape index (κ2) is 6.03. The van der Waals surface area contributed by atoms with Crippen LogP contribution in [0.5, 0.6) is 0 Å². The highest BCUT2D eigenvalue weighted by molar-refractivity contribution is 7.86. The molecule has 7 nitrogen and oxygen atoms in total. The van der Waals surface area contributed by atoms with E-state index in [1.54, 1.807) is 0 Å². The van der Waals surface area contributed by atoms with Crippen molar-refractivity contribution in [3.63, 3.8) is 0 Å². The molecule has 1 aromatic heterocycles. The zero-order valence-electron chi connectivity index (χ0n) is 9.54. The molecule has 0 unspecified atom stereocenters. The van der Waals surface area contributed by atoms with Crippen LogP contribution in [0.3, 0.4) is 0 Å². The third-order valence-corrected chi connectivity index (χ3v) is 3.87. The maximum atomic E-state index is 11.4. The molecule has 1 amide bonds. The minimum Gasteiger partial charge on any atom is -0.351 e. The Labute approximate surface area is 104 Å². The molecule has 9 heteroatoms. The second-order valence-corrected chi connectivity index (χ2v) is 5.76. The van der Waals surface area contributed by atoms with Gasteiger partial charge in [0.25, 0.3) is 16.0 Å². The van der Waals surface area contributed by atoms with Gasteiger partial charge in [-0.2, -0.15) is 8.42 Å². The van der Waals surface area contributed by atoms with Crippen LogP contribution in [0.4, 0.5) is 0 Å². The van der Waals surface area contributed by atoms with E-state index in [2.05, 4.69) is 14.0 Å². The van der Waals surface area contributed by atoms with Gasteiger partial charge in [0, 0.05) is 18.1 Å². The first-order valence-corrected chi connectivity index (χ1v) is 7.26. The highest BCUT2D eigenvalue weighted by atomic mass is 32.2. The first-order chi connectivity index (χ1) is 7.98. The Morgan fingerprint density at radius 2 is 2.35 bits per heavy atom. The topological polar surface area (TPSA) is 89.2 Å². The molecular weight excluding hydrogens is 266 g/mol. The lowest BCUT2D eigenvalue weighted by atomic mass is 10.5. The van der Waals surface area contributed by atoms with Crippen LogP contribution in [0.1, 0.15) is 16.6 Å². The van der Waals surface area contributed by atoms with Crippen molar-refractivity contribution in [1.82, 2.24) is 9.81 Å². The summed E-state index contributed by atoms with van der Waals surface area (Å²) in [6, 6.07) is 0. The first-order valence-electron chi connectivity index (χ1n) is 4.91. The van der Waals surface area contributed by atoms with Crippen molar-refractivity contribution in [2.45, 2.75) is 13.5 Å². The van der Waals surface area contributed by atoms with Crippen molar-refractivity contribution in [2.75, 3.05) is 19.4 Å². The van der Waals surface area contributed by atoms with E-state index < -0.39 is 10.1 Å². The van der Waals surface area contributed by atoms with E-state index in [4.69, 9.17) is 0 Å². The van der Waals surface area contributed by atoms with Crippen molar-refractivity contribution in [1.29, 1.82) is 0 Å². The van der Waals surface area contributed by atoms with Crippen LogP contribution < -0.4 is 10.00 Å². The maximum absolute atomic E-state index is 11.4. The van der Waals surface area contributed by atoms with Gasteiger partial charge in [-0.3, -0.25) is 8.98 Å². The van der Waals surface area contributed by atoms with Gasteiger partial charge in [-0.05, 0) is 6.92 Å². The molecule has 0 aliphatic rings. The third-order valence-electron chi connectivity index (χ3n) is 1.90. The summed E-state index contributed by atoms with van der Waals surface area (Å²) in [6.45, 7) is 2.51. The molecule has 1 N–H and O–H groups in total. The van der Waals surface area contributed by atoms with Gasteiger partial charge in [-0.25, -0.2) is 0 Å². The van der Waals surface area contributed by atoms with Crippen LogP contribution in [0, 0.1) is 0 Å². The standard InChI is InChI=1S/C8H13N3O4S2/c1-3-9-8(12)7-6-11(10-16-7)4-5-17(13,14)15-2/h6H,3-5H2,1-2H3/p+1. The molecule has 96 valence electrons. The fourth-order valence-corrected chi connectivity index (χ4v) is 2.24. The van der Waals surface area contributed by atoms with Crippen LogP contribution >= 0.6 is 11.5 Å². The predicted octanol–water partition coefficient (Wildman–Crippen LogP) is -0.843.